The second kappa shape index (κ2) is 4.86. The molecule has 0 amide bonds. The summed E-state index contributed by atoms with van der Waals surface area (Å²) in [5, 5.41) is 20.7. The number of nitrogens with zero attached hydrogens (tertiary/aromatic N) is 3. The molecule has 2 N–H and O–H groups in total. The third kappa shape index (κ3) is 2.22. The van der Waals surface area contributed by atoms with Gasteiger partial charge in [-0.2, -0.15) is 0 Å². The number of phenols is 1. The standard InChI is InChI=1S/C12H16N4O/c1-3-13-12-15-14-11(16(12)4-2)9-5-7-10(17)8-6-9/h5-8,17H,3-4H2,1-2H3,(H,13,15). The van der Waals surface area contributed by atoms with E-state index in [1.807, 2.05) is 30.5 Å². The van der Waals surface area contributed by atoms with Crippen molar-refractivity contribution < 1.29 is 5.11 Å². The summed E-state index contributed by atoms with van der Waals surface area (Å²) in [5.41, 5.74) is 0.946. The Morgan fingerprint density at radius 3 is 2.47 bits per heavy atom. The van der Waals surface area contributed by atoms with Gasteiger partial charge in [-0.15, -0.1) is 10.2 Å². The molecule has 0 unspecified atom stereocenters. The molecule has 5 nitrogen and oxygen atoms in total. The van der Waals surface area contributed by atoms with Crippen LogP contribution in [0.15, 0.2) is 24.3 Å². The summed E-state index contributed by atoms with van der Waals surface area (Å²) < 4.78 is 2.01. The van der Waals surface area contributed by atoms with Crippen molar-refractivity contribution >= 4 is 5.95 Å². The molecule has 0 atom stereocenters. The van der Waals surface area contributed by atoms with Crippen molar-refractivity contribution in [1.82, 2.24) is 14.8 Å². The zero-order valence-electron chi connectivity index (χ0n) is 10.0. The lowest BCUT2D eigenvalue weighted by Crippen LogP contribution is -2.06. The lowest BCUT2D eigenvalue weighted by atomic mass is 10.2. The fraction of sp³-hybridized carbons (Fsp3) is 0.333. The molecule has 0 aliphatic carbocycles. The Hall–Kier alpha value is -2.04. The molecule has 0 saturated heterocycles. The van der Waals surface area contributed by atoms with Gasteiger partial charge in [0.1, 0.15) is 5.75 Å². The van der Waals surface area contributed by atoms with Gasteiger partial charge >= 0.3 is 0 Å². The van der Waals surface area contributed by atoms with Gasteiger partial charge in [0.05, 0.1) is 0 Å². The van der Waals surface area contributed by atoms with Crippen LogP contribution >= 0.6 is 0 Å². The highest BCUT2D eigenvalue weighted by Crippen LogP contribution is 2.22. The molecule has 17 heavy (non-hydrogen) atoms. The quantitative estimate of drug-likeness (QED) is 0.847. The fourth-order valence-electron chi connectivity index (χ4n) is 1.72. The number of phenolic OH excluding ortho intramolecular Hbond substituents is 1. The molecule has 0 aliphatic heterocycles. The fourth-order valence-corrected chi connectivity index (χ4v) is 1.72. The summed E-state index contributed by atoms with van der Waals surface area (Å²) in [5.74, 6) is 1.84. The number of hydrogen-bond acceptors (Lipinski definition) is 4. The number of aromatic hydroxyl groups is 1. The largest absolute Gasteiger partial charge is 0.508 e. The Bertz CT molecular complexity index is 490. The van der Waals surface area contributed by atoms with Crippen LogP contribution in [-0.4, -0.2) is 26.4 Å². The van der Waals surface area contributed by atoms with Crippen LogP contribution in [-0.2, 0) is 6.54 Å². The molecule has 0 bridgehead atoms. The first kappa shape index (κ1) is 11.4. The van der Waals surface area contributed by atoms with E-state index in [1.54, 1.807) is 12.1 Å². The first-order chi connectivity index (χ1) is 8.26. The second-order valence-corrected chi connectivity index (χ2v) is 3.67. The Morgan fingerprint density at radius 2 is 1.88 bits per heavy atom. The minimum Gasteiger partial charge on any atom is -0.508 e. The van der Waals surface area contributed by atoms with E-state index < -0.39 is 0 Å². The highest BCUT2D eigenvalue weighted by Gasteiger charge is 2.11. The van der Waals surface area contributed by atoms with Crippen LogP contribution in [0.5, 0.6) is 5.75 Å². The number of nitrogens with one attached hydrogen (secondary N) is 1. The maximum atomic E-state index is 9.26. The van der Waals surface area contributed by atoms with Crippen LogP contribution < -0.4 is 5.32 Å². The van der Waals surface area contributed by atoms with Crippen LogP contribution in [0.4, 0.5) is 5.95 Å². The predicted molar refractivity (Wildman–Crippen MR) is 67.0 cm³/mol. The van der Waals surface area contributed by atoms with Crippen molar-refractivity contribution in [2.75, 3.05) is 11.9 Å². The van der Waals surface area contributed by atoms with Gasteiger partial charge in [-0.1, -0.05) is 0 Å². The molecule has 0 saturated carbocycles. The number of aromatic nitrogens is 3. The van der Waals surface area contributed by atoms with E-state index in [4.69, 9.17) is 0 Å². The summed E-state index contributed by atoms with van der Waals surface area (Å²) in [6, 6.07) is 6.97. The van der Waals surface area contributed by atoms with E-state index in [0.717, 1.165) is 30.4 Å². The topological polar surface area (TPSA) is 63.0 Å². The predicted octanol–water partition coefficient (Wildman–Crippen LogP) is 2.10. The van der Waals surface area contributed by atoms with Crippen molar-refractivity contribution in [3.05, 3.63) is 24.3 Å². The highest BCUT2D eigenvalue weighted by molar-refractivity contribution is 5.58. The monoisotopic (exact) mass is 232 g/mol. The van der Waals surface area contributed by atoms with Crippen LogP contribution in [0.25, 0.3) is 11.4 Å². The van der Waals surface area contributed by atoms with E-state index in [2.05, 4.69) is 15.5 Å². The van der Waals surface area contributed by atoms with Crippen molar-refractivity contribution in [2.24, 2.45) is 0 Å². The summed E-state index contributed by atoms with van der Waals surface area (Å²) in [6.45, 7) is 5.68. The maximum absolute atomic E-state index is 9.26. The molecule has 0 radical (unpaired) electrons. The molecular weight excluding hydrogens is 216 g/mol. The van der Waals surface area contributed by atoms with Crippen LogP contribution in [0.1, 0.15) is 13.8 Å². The van der Waals surface area contributed by atoms with Crippen molar-refractivity contribution in [3.63, 3.8) is 0 Å². The minimum absolute atomic E-state index is 0.253. The smallest absolute Gasteiger partial charge is 0.224 e. The van der Waals surface area contributed by atoms with Gasteiger partial charge in [0.2, 0.25) is 5.95 Å². The van der Waals surface area contributed by atoms with E-state index in [1.165, 1.54) is 0 Å². The summed E-state index contributed by atoms with van der Waals surface area (Å²) in [6.07, 6.45) is 0. The zero-order chi connectivity index (χ0) is 12.3. The molecule has 2 rings (SSSR count). The molecule has 1 heterocycles. The molecule has 90 valence electrons. The number of hydrogen-bond donors (Lipinski definition) is 2. The van der Waals surface area contributed by atoms with E-state index in [9.17, 15) is 5.11 Å². The van der Waals surface area contributed by atoms with E-state index in [0.29, 0.717) is 0 Å². The molecule has 1 aromatic heterocycles. The second-order valence-electron chi connectivity index (χ2n) is 3.67. The Balaban J connectivity index is 2.41. The Morgan fingerprint density at radius 1 is 1.18 bits per heavy atom. The number of benzene rings is 1. The van der Waals surface area contributed by atoms with Gasteiger partial charge in [-0.25, -0.2) is 0 Å². The highest BCUT2D eigenvalue weighted by atomic mass is 16.3. The Kier molecular flexibility index (Phi) is 3.27. The van der Waals surface area contributed by atoms with Crippen molar-refractivity contribution in [1.29, 1.82) is 0 Å². The normalized spacial score (nSPS) is 10.5. The molecule has 0 aliphatic rings. The average molecular weight is 232 g/mol. The van der Waals surface area contributed by atoms with Gasteiger partial charge in [0.25, 0.3) is 0 Å². The molecule has 1 aromatic carbocycles. The van der Waals surface area contributed by atoms with Gasteiger partial charge in [-0.3, -0.25) is 4.57 Å². The van der Waals surface area contributed by atoms with Crippen LogP contribution in [0.3, 0.4) is 0 Å². The van der Waals surface area contributed by atoms with Gasteiger partial charge in [0, 0.05) is 18.7 Å². The average Bonchev–Trinajstić information content (AvgIpc) is 2.73. The van der Waals surface area contributed by atoms with Gasteiger partial charge in [0.15, 0.2) is 5.82 Å². The van der Waals surface area contributed by atoms with Gasteiger partial charge in [-0.05, 0) is 38.1 Å². The number of rotatable bonds is 4. The lowest BCUT2D eigenvalue weighted by molar-refractivity contribution is 0.475. The summed E-state index contributed by atoms with van der Waals surface area (Å²) >= 11 is 0. The van der Waals surface area contributed by atoms with Crippen LogP contribution in [0.2, 0.25) is 0 Å². The third-order valence-electron chi connectivity index (χ3n) is 2.53. The lowest BCUT2D eigenvalue weighted by Gasteiger charge is -2.07. The van der Waals surface area contributed by atoms with Crippen molar-refractivity contribution in [2.45, 2.75) is 20.4 Å². The van der Waals surface area contributed by atoms with E-state index >= 15 is 0 Å². The summed E-state index contributed by atoms with van der Waals surface area (Å²) in [7, 11) is 0. The molecule has 2 aromatic rings. The molecule has 0 fully saturated rings. The SMILES string of the molecule is CCNc1nnc(-c2ccc(O)cc2)n1CC. The molecular formula is C12H16N4O. The number of anilines is 1. The van der Waals surface area contributed by atoms with Crippen molar-refractivity contribution in [3.8, 4) is 17.1 Å². The molecule has 0 spiro atoms. The molecule has 5 heteroatoms. The zero-order valence-corrected chi connectivity index (χ0v) is 10.0. The first-order valence-electron chi connectivity index (χ1n) is 5.72. The van der Waals surface area contributed by atoms with E-state index in [-0.39, 0.29) is 5.75 Å². The first-order valence-corrected chi connectivity index (χ1v) is 5.72. The minimum atomic E-state index is 0.253. The van der Waals surface area contributed by atoms with Crippen LogP contribution in [0, 0.1) is 0 Å². The third-order valence-corrected chi connectivity index (χ3v) is 2.53. The Labute approximate surface area is 100 Å². The summed E-state index contributed by atoms with van der Waals surface area (Å²) in [4.78, 5) is 0. The van der Waals surface area contributed by atoms with Gasteiger partial charge < -0.3 is 10.4 Å². The maximum Gasteiger partial charge on any atom is 0.224 e.